The molecule has 0 heterocycles. The average Bonchev–Trinajstić information content (AvgIpc) is 3.18. The molecular formula is C44H39N3O4S. The second-order valence-corrected chi connectivity index (χ2v) is 13.2. The first-order valence-electron chi connectivity index (χ1n) is 17.2. The fourth-order valence-electron chi connectivity index (χ4n) is 5.53. The van der Waals surface area contributed by atoms with Gasteiger partial charge < -0.3 is 20.7 Å². The summed E-state index contributed by atoms with van der Waals surface area (Å²) in [5.41, 5.74) is 3.32. The zero-order valence-electron chi connectivity index (χ0n) is 28.8. The van der Waals surface area contributed by atoms with E-state index >= 15 is 0 Å². The monoisotopic (exact) mass is 705 g/mol. The summed E-state index contributed by atoms with van der Waals surface area (Å²) in [6.07, 6.45) is 3.72. The molecule has 1 unspecified atom stereocenters. The maximum atomic E-state index is 13.9. The molecule has 0 fully saturated rings. The number of thioether (sulfide) groups is 1. The Kier molecular flexibility index (Phi) is 12.1. The highest BCUT2D eigenvalue weighted by atomic mass is 32.2. The van der Waals surface area contributed by atoms with Gasteiger partial charge in [-0.2, -0.15) is 0 Å². The Morgan fingerprint density at radius 2 is 1.40 bits per heavy atom. The Morgan fingerprint density at radius 1 is 0.712 bits per heavy atom. The molecule has 0 spiro atoms. The number of hydrogen-bond acceptors (Lipinski definition) is 5. The molecular weight excluding hydrogens is 667 g/mol. The van der Waals surface area contributed by atoms with Crippen LogP contribution in [-0.4, -0.2) is 24.3 Å². The molecule has 6 rings (SSSR count). The van der Waals surface area contributed by atoms with Gasteiger partial charge in [0.1, 0.15) is 16.7 Å². The first-order valence-corrected chi connectivity index (χ1v) is 18.1. The largest absolute Gasteiger partial charge is 0.494 e. The molecule has 0 saturated heterocycles. The lowest BCUT2D eigenvalue weighted by molar-refractivity contribution is -0.116. The highest BCUT2D eigenvalue weighted by molar-refractivity contribution is 8.00. The predicted molar refractivity (Wildman–Crippen MR) is 211 cm³/mol. The van der Waals surface area contributed by atoms with E-state index in [-0.39, 0.29) is 11.6 Å². The Bertz CT molecular complexity index is 2160. The molecule has 7 nitrogen and oxygen atoms in total. The number of amides is 3. The second-order valence-electron chi connectivity index (χ2n) is 12.1. The van der Waals surface area contributed by atoms with Crippen LogP contribution in [-0.2, 0) is 9.59 Å². The fraction of sp³-hybridized carbons (Fsp3) is 0.114. The molecule has 8 heteroatoms. The molecule has 0 aliphatic heterocycles. The smallest absolute Gasteiger partial charge is 0.272 e. The summed E-state index contributed by atoms with van der Waals surface area (Å²) in [5.74, 6) is -0.316. The van der Waals surface area contributed by atoms with Gasteiger partial charge in [0.15, 0.2) is 0 Å². The molecule has 0 saturated carbocycles. The van der Waals surface area contributed by atoms with Crippen LogP contribution >= 0.6 is 11.8 Å². The number of rotatable bonds is 14. The Balaban J connectivity index is 1.22. The van der Waals surface area contributed by atoms with Crippen molar-refractivity contribution in [3.05, 3.63) is 174 Å². The van der Waals surface area contributed by atoms with Gasteiger partial charge in [-0.25, -0.2) is 0 Å². The van der Waals surface area contributed by atoms with Crippen LogP contribution in [0.2, 0.25) is 0 Å². The van der Waals surface area contributed by atoms with Crippen LogP contribution < -0.4 is 20.7 Å². The number of nitrogens with one attached hydrogen (secondary N) is 3. The van der Waals surface area contributed by atoms with E-state index in [9.17, 15) is 14.4 Å². The number of fused-ring (bicyclic) bond motifs is 1. The molecule has 6 aromatic rings. The maximum Gasteiger partial charge on any atom is 0.272 e. The van der Waals surface area contributed by atoms with Gasteiger partial charge in [-0.1, -0.05) is 110 Å². The maximum absolute atomic E-state index is 13.9. The number of hydrogen-bond donors (Lipinski definition) is 3. The van der Waals surface area contributed by atoms with E-state index in [4.69, 9.17) is 4.74 Å². The van der Waals surface area contributed by atoms with Crippen molar-refractivity contribution in [3.63, 3.8) is 0 Å². The third kappa shape index (κ3) is 9.56. The van der Waals surface area contributed by atoms with E-state index in [0.29, 0.717) is 23.5 Å². The topological polar surface area (TPSA) is 96.5 Å². The van der Waals surface area contributed by atoms with E-state index in [1.165, 1.54) is 11.8 Å². The van der Waals surface area contributed by atoms with Gasteiger partial charge >= 0.3 is 0 Å². The van der Waals surface area contributed by atoms with E-state index in [2.05, 4.69) is 22.9 Å². The normalized spacial score (nSPS) is 11.8. The van der Waals surface area contributed by atoms with Gasteiger partial charge in [0, 0.05) is 21.8 Å². The van der Waals surface area contributed by atoms with Gasteiger partial charge in [-0.3, -0.25) is 14.4 Å². The Morgan fingerprint density at radius 3 is 2.17 bits per heavy atom. The summed E-state index contributed by atoms with van der Waals surface area (Å²) in [6, 6.07) is 46.7. The second kappa shape index (κ2) is 17.7. The van der Waals surface area contributed by atoms with Crippen molar-refractivity contribution >= 4 is 57.7 Å². The van der Waals surface area contributed by atoms with Crippen LogP contribution in [0.3, 0.4) is 0 Å². The van der Waals surface area contributed by atoms with Crippen LogP contribution in [0.25, 0.3) is 16.8 Å². The average molecular weight is 706 g/mol. The highest BCUT2D eigenvalue weighted by Crippen LogP contribution is 2.37. The molecule has 0 aliphatic rings. The van der Waals surface area contributed by atoms with Gasteiger partial charge in [0.2, 0.25) is 5.91 Å². The van der Waals surface area contributed by atoms with Gasteiger partial charge in [-0.15, -0.1) is 11.8 Å². The van der Waals surface area contributed by atoms with E-state index in [1.807, 2.05) is 121 Å². The number of carbonyl (C=O) groups excluding carboxylic acids is 3. The summed E-state index contributed by atoms with van der Waals surface area (Å²) in [7, 11) is 0. The zero-order chi connectivity index (χ0) is 36.1. The summed E-state index contributed by atoms with van der Waals surface area (Å²) in [4.78, 5) is 41.7. The Labute approximate surface area is 308 Å². The van der Waals surface area contributed by atoms with Crippen LogP contribution in [0.4, 0.5) is 11.4 Å². The summed E-state index contributed by atoms with van der Waals surface area (Å²) >= 11 is 1.38. The summed E-state index contributed by atoms with van der Waals surface area (Å²) in [5, 5.41) is 10.2. The number of anilines is 2. The zero-order valence-corrected chi connectivity index (χ0v) is 29.6. The minimum absolute atomic E-state index is 0.0894. The number of carbonyl (C=O) groups is 3. The predicted octanol–water partition coefficient (Wildman–Crippen LogP) is 9.90. The van der Waals surface area contributed by atoms with Gasteiger partial charge in [0.25, 0.3) is 11.8 Å². The first-order chi connectivity index (χ1) is 25.5. The standard InChI is InChI=1S/C44H39N3O4S/c1-2-3-28-51-37-26-24-35(25-27-37)45-44(50)41(32-15-6-4-7-16-32)52-38-22-13-21-36(30-38)46-43(49)40(47-42(48)33-17-8-5-9-18-33)29-34-20-12-19-31-14-10-11-23-39(31)34/h4-27,29-30,41H,2-3,28H2,1H3,(H,45,50)(H,46,49)(H,47,48)/b40-29+. The van der Waals surface area contributed by atoms with Gasteiger partial charge in [0.05, 0.1) is 6.61 Å². The molecule has 0 bridgehead atoms. The van der Waals surface area contributed by atoms with Crippen molar-refractivity contribution in [1.29, 1.82) is 0 Å². The van der Waals surface area contributed by atoms with Gasteiger partial charge in [-0.05, 0) is 89.0 Å². The van der Waals surface area contributed by atoms with Crippen molar-refractivity contribution in [1.82, 2.24) is 5.32 Å². The molecule has 3 N–H and O–H groups in total. The SMILES string of the molecule is CCCCOc1ccc(NC(=O)C(Sc2cccc(NC(=O)/C(=C\c3cccc4ccccc34)NC(=O)c3ccccc3)c2)c2ccccc2)cc1. The van der Waals surface area contributed by atoms with E-state index in [0.717, 1.165) is 45.4 Å². The highest BCUT2D eigenvalue weighted by Gasteiger charge is 2.23. The molecule has 0 aliphatic carbocycles. The van der Waals surface area contributed by atoms with Crippen molar-refractivity contribution < 1.29 is 19.1 Å². The lowest BCUT2D eigenvalue weighted by atomic mass is 10.0. The summed E-state index contributed by atoms with van der Waals surface area (Å²) in [6.45, 7) is 2.77. The molecule has 0 radical (unpaired) electrons. The third-order valence-corrected chi connectivity index (χ3v) is 9.47. The van der Waals surface area contributed by atoms with Crippen LogP contribution in [0, 0.1) is 0 Å². The quantitative estimate of drug-likeness (QED) is 0.0596. The minimum atomic E-state index is -0.584. The van der Waals surface area contributed by atoms with Crippen LogP contribution in [0.1, 0.15) is 46.5 Å². The van der Waals surface area contributed by atoms with Crippen molar-refractivity contribution in [3.8, 4) is 5.75 Å². The lowest BCUT2D eigenvalue weighted by Crippen LogP contribution is -2.30. The van der Waals surface area contributed by atoms with Crippen LogP contribution in [0.5, 0.6) is 5.75 Å². The van der Waals surface area contributed by atoms with Crippen molar-refractivity contribution in [2.75, 3.05) is 17.2 Å². The number of ether oxygens (including phenoxy) is 1. The summed E-state index contributed by atoms with van der Waals surface area (Å²) < 4.78 is 5.77. The first kappa shape index (κ1) is 35.7. The molecule has 260 valence electrons. The minimum Gasteiger partial charge on any atom is -0.494 e. The number of benzene rings is 6. The van der Waals surface area contributed by atoms with Crippen LogP contribution in [0.15, 0.2) is 162 Å². The molecule has 52 heavy (non-hydrogen) atoms. The molecule has 1 atom stereocenters. The molecule has 3 amide bonds. The Hall–Kier alpha value is -6.12. The lowest BCUT2D eigenvalue weighted by Gasteiger charge is -2.18. The third-order valence-electron chi connectivity index (χ3n) is 8.23. The molecule has 6 aromatic carbocycles. The molecule has 0 aromatic heterocycles. The van der Waals surface area contributed by atoms with Crippen molar-refractivity contribution in [2.45, 2.75) is 29.9 Å². The number of unbranched alkanes of at least 4 members (excludes halogenated alkanes) is 1. The van der Waals surface area contributed by atoms with Crippen molar-refractivity contribution in [2.24, 2.45) is 0 Å². The van der Waals surface area contributed by atoms with E-state index in [1.54, 1.807) is 36.4 Å². The fourth-order valence-corrected chi connectivity index (χ4v) is 6.62. The van der Waals surface area contributed by atoms with E-state index < -0.39 is 17.1 Å².